The smallest absolute Gasteiger partial charge is 0.220 e. The van der Waals surface area contributed by atoms with Crippen LogP contribution in [0.15, 0.2) is 24.3 Å². The minimum absolute atomic E-state index is 0.0822. The maximum absolute atomic E-state index is 9.37. The minimum Gasteiger partial charge on any atom is -0.481 e. The van der Waals surface area contributed by atoms with Gasteiger partial charge < -0.3 is 9.84 Å². The fraction of sp³-hybridized carbons (Fsp3) is 0.471. The van der Waals surface area contributed by atoms with Crippen LogP contribution in [0.2, 0.25) is 0 Å². The number of hydrogen-bond acceptors (Lipinski definition) is 3. The first-order valence-electron chi connectivity index (χ1n) is 7.23. The van der Waals surface area contributed by atoms with Gasteiger partial charge in [-0.15, -0.1) is 0 Å². The summed E-state index contributed by atoms with van der Waals surface area (Å²) in [7, 11) is 1.65. The molecule has 1 N–H and O–H groups in total. The van der Waals surface area contributed by atoms with E-state index in [1.807, 2.05) is 22.9 Å². The molecule has 0 aliphatic rings. The van der Waals surface area contributed by atoms with Crippen molar-refractivity contribution in [3.8, 4) is 11.6 Å². The Hall–Kier alpha value is -1.81. The summed E-state index contributed by atoms with van der Waals surface area (Å²) in [6.07, 6.45) is 0.543. The fourth-order valence-corrected chi connectivity index (χ4v) is 2.55. The number of aryl methyl sites for hydroxylation is 1. The molecule has 1 heterocycles. The number of benzene rings is 1. The van der Waals surface area contributed by atoms with E-state index in [2.05, 4.69) is 33.8 Å². The standard InChI is InChI=1S/C17H24N2O2/c1-12-8-6-7-9-14(12)19-16(21-5)13(10-11-20)15(18-19)17(2,3)4/h6-9,20H,10-11H2,1-5H3. The van der Waals surface area contributed by atoms with Gasteiger partial charge in [0.15, 0.2) is 0 Å². The van der Waals surface area contributed by atoms with E-state index in [0.29, 0.717) is 12.3 Å². The van der Waals surface area contributed by atoms with Crippen LogP contribution in [0.3, 0.4) is 0 Å². The molecule has 0 radical (unpaired) electrons. The van der Waals surface area contributed by atoms with Gasteiger partial charge in [0.2, 0.25) is 5.88 Å². The third-order valence-electron chi connectivity index (χ3n) is 3.55. The number of aromatic nitrogens is 2. The average Bonchev–Trinajstić information content (AvgIpc) is 2.78. The number of ether oxygens (including phenoxy) is 1. The van der Waals surface area contributed by atoms with Crippen LogP contribution in [0.5, 0.6) is 5.88 Å². The first-order valence-corrected chi connectivity index (χ1v) is 7.23. The highest BCUT2D eigenvalue weighted by Crippen LogP contribution is 2.34. The summed E-state index contributed by atoms with van der Waals surface area (Å²) in [4.78, 5) is 0. The molecule has 0 unspecified atom stereocenters. The van der Waals surface area contributed by atoms with Gasteiger partial charge in [-0.2, -0.15) is 5.10 Å². The van der Waals surface area contributed by atoms with Gasteiger partial charge in [-0.1, -0.05) is 39.0 Å². The number of nitrogens with zero attached hydrogens (tertiary/aromatic N) is 2. The lowest BCUT2D eigenvalue weighted by molar-refractivity contribution is 0.295. The van der Waals surface area contributed by atoms with Gasteiger partial charge in [-0.05, 0) is 18.6 Å². The molecular weight excluding hydrogens is 264 g/mol. The van der Waals surface area contributed by atoms with Crippen molar-refractivity contribution in [3.05, 3.63) is 41.1 Å². The van der Waals surface area contributed by atoms with Crippen molar-refractivity contribution in [2.75, 3.05) is 13.7 Å². The van der Waals surface area contributed by atoms with Crippen molar-refractivity contribution < 1.29 is 9.84 Å². The van der Waals surface area contributed by atoms with Gasteiger partial charge in [0, 0.05) is 24.0 Å². The number of hydrogen-bond donors (Lipinski definition) is 1. The number of methoxy groups -OCH3 is 1. The molecule has 1 aromatic heterocycles. The Morgan fingerprint density at radius 1 is 1.24 bits per heavy atom. The predicted molar refractivity (Wildman–Crippen MR) is 84.3 cm³/mol. The third kappa shape index (κ3) is 2.95. The zero-order valence-corrected chi connectivity index (χ0v) is 13.5. The molecule has 0 fully saturated rings. The molecule has 0 aliphatic heterocycles. The van der Waals surface area contributed by atoms with Gasteiger partial charge in [0.1, 0.15) is 0 Å². The normalized spacial score (nSPS) is 11.7. The van der Waals surface area contributed by atoms with E-state index in [1.165, 1.54) is 0 Å². The van der Waals surface area contributed by atoms with E-state index in [4.69, 9.17) is 9.84 Å². The first-order chi connectivity index (χ1) is 9.90. The minimum atomic E-state index is -0.105. The molecule has 0 saturated heterocycles. The quantitative estimate of drug-likeness (QED) is 0.940. The van der Waals surface area contributed by atoms with Gasteiger partial charge in [-0.25, -0.2) is 4.68 Å². The van der Waals surface area contributed by atoms with Crippen LogP contribution >= 0.6 is 0 Å². The number of aliphatic hydroxyl groups is 1. The van der Waals surface area contributed by atoms with E-state index >= 15 is 0 Å². The highest BCUT2D eigenvalue weighted by Gasteiger charge is 2.27. The summed E-state index contributed by atoms with van der Waals surface area (Å²) >= 11 is 0. The van der Waals surface area contributed by atoms with Crippen molar-refractivity contribution in [1.29, 1.82) is 0 Å². The number of para-hydroxylation sites is 1. The molecule has 4 heteroatoms. The van der Waals surface area contributed by atoms with Crippen LogP contribution in [-0.2, 0) is 11.8 Å². The van der Waals surface area contributed by atoms with Gasteiger partial charge >= 0.3 is 0 Å². The second-order valence-electron chi connectivity index (χ2n) is 6.26. The molecule has 0 atom stereocenters. The summed E-state index contributed by atoms with van der Waals surface area (Å²) in [6.45, 7) is 8.51. The third-order valence-corrected chi connectivity index (χ3v) is 3.55. The molecule has 2 rings (SSSR count). The molecule has 0 spiro atoms. The maximum atomic E-state index is 9.37. The largest absolute Gasteiger partial charge is 0.481 e. The SMILES string of the molecule is COc1c(CCO)c(C(C)(C)C)nn1-c1ccccc1C. The average molecular weight is 288 g/mol. The number of aliphatic hydroxyl groups excluding tert-OH is 1. The summed E-state index contributed by atoms with van der Waals surface area (Å²) in [5, 5.41) is 14.2. The number of rotatable bonds is 4. The molecule has 21 heavy (non-hydrogen) atoms. The van der Waals surface area contributed by atoms with E-state index in [9.17, 15) is 5.11 Å². The predicted octanol–water partition coefficient (Wildman–Crippen LogP) is 3.02. The Bertz CT molecular complexity index is 624. The van der Waals surface area contributed by atoms with Gasteiger partial charge in [-0.3, -0.25) is 0 Å². The fourth-order valence-electron chi connectivity index (χ4n) is 2.55. The Labute approximate surface area is 126 Å². The van der Waals surface area contributed by atoms with Crippen molar-refractivity contribution >= 4 is 0 Å². The topological polar surface area (TPSA) is 47.3 Å². The maximum Gasteiger partial charge on any atom is 0.220 e. The second kappa shape index (κ2) is 5.90. The molecule has 4 nitrogen and oxygen atoms in total. The highest BCUT2D eigenvalue weighted by molar-refractivity contribution is 5.47. The Morgan fingerprint density at radius 2 is 1.90 bits per heavy atom. The van der Waals surface area contributed by atoms with E-state index in [1.54, 1.807) is 7.11 Å². The van der Waals surface area contributed by atoms with Crippen molar-refractivity contribution in [1.82, 2.24) is 9.78 Å². The lowest BCUT2D eigenvalue weighted by atomic mass is 9.88. The molecule has 0 aliphatic carbocycles. The van der Waals surface area contributed by atoms with Crippen LogP contribution in [0.1, 0.15) is 37.6 Å². The van der Waals surface area contributed by atoms with E-state index in [0.717, 1.165) is 22.5 Å². The summed E-state index contributed by atoms with van der Waals surface area (Å²) in [6, 6.07) is 8.08. The molecule has 0 bridgehead atoms. The van der Waals surface area contributed by atoms with Crippen LogP contribution < -0.4 is 4.74 Å². The molecular formula is C17H24N2O2. The van der Waals surface area contributed by atoms with Crippen molar-refractivity contribution in [2.24, 2.45) is 0 Å². The zero-order valence-electron chi connectivity index (χ0n) is 13.5. The highest BCUT2D eigenvalue weighted by atomic mass is 16.5. The van der Waals surface area contributed by atoms with E-state index < -0.39 is 0 Å². The van der Waals surface area contributed by atoms with Crippen LogP contribution in [-0.4, -0.2) is 28.6 Å². The molecule has 0 amide bonds. The lowest BCUT2D eigenvalue weighted by Crippen LogP contribution is -2.15. The van der Waals surface area contributed by atoms with Crippen LogP contribution in [0.4, 0.5) is 0 Å². The Morgan fingerprint density at radius 3 is 2.43 bits per heavy atom. The first kappa shape index (κ1) is 15.6. The van der Waals surface area contributed by atoms with Crippen LogP contribution in [0, 0.1) is 6.92 Å². The summed E-state index contributed by atoms with van der Waals surface area (Å²) < 4.78 is 7.45. The van der Waals surface area contributed by atoms with Crippen molar-refractivity contribution in [3.63, 3.8) is 0 Å². The monoisotopic (exact) mass is 288 g/mol. The molecule has 2 aromatic rings. The zero-order chi connectivity index (χ0) is 15.6. The Balaban J connectivity index is 2.70. The second-order valence-corrected chi connectivity index (χ2v) is 6.26. The van der Waals surface area contributed by atoms with Crippen molar-refractivity contribution in [2.45, 2.75) is 39.5 Å². The van der Waals surface area contributed by atoms with E-state index in [-0.39, 0.29) is 12.0 Å². The summed E-state index contributed by atoms with van der Waals surface area (Å²) in [5.74, 6) is 0.711. The van der Waals surface area contributed by atoms with Gasteiger partial charge in [0.05, 0.1) is 18.5 Å². The van der Waals surface area contributed by atoms with Gasteiger partial charge in [0.25, 0.3) is 0 Å². The summed E-state index contributed by atoms with van der Waals surface area (Å²) in [5.41, 5.74) is 3.98. The van der Waals surface area contributed by atoms with Crippen LogP contribution in [0.25, 0.3) is 5.69 Å². The molecule has 0 saturated carbocycles. The molecule has 114 valence electrons. The molecule has 1 aromatic carbocycles. The lowest BCUT2D eigenvalue weighted by Gasteiger charge is -2.17. The Kier molecular flexibility index (Phi) is 4.37.